The standard InChI is InChI=1S/C24H23N7/c1-15-7-8-25-12-17(15)18-5-6-19-23(28-18)24(30-29-19)20-11-16-21(27-20)13-26-14-22(16)31-9-3-2-4-10-31/h5-8,11-14,27H,2-4,9-10H2,1H3,(H,29,30). The van der Waals surface area contributed by atoms with Crippen LogP contribution in [-0.2, 0) is 0 Å². The average Bonchev–Trinajstić information content (AvgIpc) is 3.43. The third kappa shape index (κ3) is 3.04. The third-order valence-electron chi connectivity index (χ3n) is 6.20. The van der Waals surface area contributed by atoms with E-state index in [4.69, 9.17) is 4.98 Å². The Balaban J connectivity index is 1.47. The molecule has 0 unspecified atom stereocenters. The number of pyridine rings is 3. The highest BCUT2D eigenvalue weighted by atomic mass is 15.1. The minimum Gasteiger partial charge on any atom is -0.370 e. The minimum absolute atomic E-state index is 0.819. The zero-order valence-electron chi connectivity index (χ0n) is 17.4. The molecule has 7 nitrogen and oxygen atoms in total. The molecule has 6 heterocycles. The van der Waals surface area contributed by atoms with Gasteiger partial charge in [-0.25, -0.2) is 4.98 Å². The van der Waals surface area contributed by atoms with Gasteiger partial charge in [-0.05, 0) is 56.0 Å². The number of aryl methyl sites for hydroxylation is 1. The molecule has 6 rings (SSSR count). The molecule has 2 N–H and O–H groups in total. The number of anilines is 1. The molecule has 0 spiro atoms. The lowest BCUT2D eigenvalue weighted by atomic mass is 10.1. The molecule has 0 atom stereocenters. The fourth-order valence-corrected chi connectivity index (χ4v) is 4.52. The summed E-state index contributed by atoms with van der Waals surface area (Å²) in [5.74, 6) is 0. The van der Waals surface area contributed by atoms with E-state index in [1.54, 1.807) is 6.20 Å². The van der Waals surface area contributed by atoms with Gasteiger partial charge in [-0.1, -0.05) is 0 Å². The van der Waals surface area contributed by atoms with Crippen molar-refractivity contribution in [1.82, 2.24) is 30.1 Å². The summed E-state index contributed by atoms with van der Waals surface area (Å²) in [5.41, 5.74) is 8.81. The molecule has 1 fully saturated rings. The van der Waals surface area contributed by atoms with Crippen molar-refractivity contribution in [2.45, 2.75) is 26.2 Å². The number of nitrogens with one attached hydrogen (secondary N) is 2. The number of aromatic nitrogens is 6. The zero-order chi connectivity index (χ0) is 20.8. The molecule has 154 valence electrons. The van der Waals surface area contributed by atoms with Crippen LogP contribution in [0.2, 0.25) is 0 Å². The van der Waals surface area contributed by atoms with Crippen LogP contribution in [0.4, 0.5) is 5.69 Å². The number of hydrogen-bond acceptors (Lipinski definition) is 5. The first-order valence-electron chi connectivity index (χ1n) is 10.8. The van der Waals surface area contributed by atoms with Crippen LogP contribution in [0, 0.1) is 6.92 Å². The maximum Gasteiger partial charge on any atom is 0.135 e. The molecular weight excluding hydrogens is 386 g/mol. The van der Waals surface area contributed by atoms with Crippen LogP contribution in [0.5, 0.6) is 0 Å². The number of H-pyrrole nitrogens is 2. The molecule has 1 aliphatic rings. The van der Waals surface area contributed by atoms with E-state index < -0.39 is 0 Å². The Bertz CT molecular complexity index is 1390. The average molecular weight is 409 g/mol. The molecule has 0 saturated carbocycles. The van der Waals surface area contributed by atoms with Crippen molar-refractivity contribution in [3.05, 3.63) is 54.6 Å². The molecule has 0 aliphatic carbocycles. The van der Waals surface area contributed by atoms with Crippen LogP contribution in [0.3, 0.4) is 0 Å². The first-order chi connectivity index (χ1) is 15.3. The summed E-state index contributed by atoms with van der Waals surface area (Å²) in [7, 11) is 0. The number of hydrogen-bond donors (Lipinski definition) is 2. The second-order valence-corrected chi connectivity index (χ2v) is 8.21. The van der Waals surface area contributed by atoms with Gasteiger partial charge in [0.25, 0.3) is 0 Å². The van der Waals surface area contributed by atoms with Crippen molar-refractivity contribution in [2.24, 2.45) is 0 Å². The van der Waals surface area contributed by atoms with Crippen LogP contribution >= 0.6 is 0 Å². The highest BCUT2D eigenvalue weighted by Gasteiger charge is 2.18. The lowest BCUT2D eigenvalue weighted by Gasteiger charge is -2.28. The van der Waals surface area contributed by atoms with Crippen molar-refractivity contribution >= 4 is 27.6 Å². The second-order valence-electron chi connectivity index (χ2n) is 8.21. The summed E-state index contributed by atoms with van der Waals surface area (Å²) in [6, 6.07) is 8.23. The summed E-state index contributed by atoms with van der Waals surface area (Å²) in [6.45, 7) is 4.25. The Kier molecular flexibility index (Phi) is 4.19. The monoisotopic (exact) mass is 409 g/mol. The Morgan fingerprint density at radius 3 is 2.71 bits per heavy atom. The van der Waals surface area contributed by atoms with E-state index in [0.717, 1.165) is 57.8 Å². The van der Waals surface area contributed by atoms with Gasteiger partial charge in [0, 0.05) is 36.4 Å². The van der Waals surface area contributed by atoms with Crippen LogP contribution in [-0.4, -0.2) is 43.2 Å². The van der Waals surface area contributed by atoms with Crippen LogP contribution in [0.1, 0.15) is 24.8 Å². The normalized spacial score (nSPS) is 14.5. The van der Waals surface area contributed by atoms with Crippen molar-refractivity contribution in [2.75, 3.05) is 18.0 Å². The van der Waals surface area contributed by atoms with Crippen molar-refractivity contribution in [1.29, 1.82) is 0 Å². The first kappa shape index (κ1) is 18.1. The molecule has 0 radical (unpaired) electrons. The van der Waals surface area contributed by atoms with Gasteiger partial charge in [0.05, 0.1) is 40.5 Å². The van der Waals surface area contributed by atoms with Gasteiger partial charge in [0.1, 0.15) is 11.2 Å². The van der Waals surface area contributed by atoms with E-state index in [2.05, 4.69) is 43.0 Å². The largest absolute Gasteiger partial charge is 0.370 e. The summed E-state index contributed by atoms with van der Waals surface area (Å²) in [4.78, 5) is 19.7. The molecule has 0 amide bonds. The molecule has 5 aromatic rings. The Hall–Kier alpha value is -3.74. The fraction of sp³-hybridized carbons (Fsp3) is 0.250. The highest BCUT2D eigenvalue weighted by molar-refractivity contribution is 5.98. The summed E-state index contributed by atoms with van der Waals surface area (Å²) < 4.78 is 0. The van der Waals surface area contributed by atoms with Crippen LogP contribution in [0.25, 0.3) is 44.6 Å². The Morgan fingerprint density at radius 2 is 1.84 bits per heavy atom. The lowest BCUT2D eigenvalue weighted by molar-refractivity contribution is 0.578. The van der Waals surface area contributed by atoms with Gasteiger partial charge in [-0.3, -0.25) is 15.1 Å². The number of piperidine rings is 1. The number of aromatic amines is 2. The predicted octanol–water partition coefficient (Wildman–Crippen LogP) is 4.86. The molecular formula is C24H23N7. The molecule has 5 aromatic heterocycles. The van der Waals surface area contributed by atoms with Crippen molar-refractivity contribution in [3.63, 3.8) is 0 Å². The molecule has 0 bridgehead atoms. The molecule has 31 heavy (non-hydrogen) atoms. The molecule has 0 aromatic carbocycles. The van der Waals surface area contributed by atoms with Crippen molar-refractivity contribution < 1.29 is 0 Å². The lowest BCUT2D eigenvalue weighted by Crippen LogP contribution is -2.29. The highest BCUT2D eigenvalue weighted by Crippen LogP contribution is 2.34. The van der Waals surface area contributed by atoms with Crippen LogP contribution in [0.15, 0.2) is 49.1 Å². The number of nitrogens with zero attached hydrogens (tertiary/aromatic N) is 5. The van der Waals surface area contributed by atoms with Gasteiger partial charge in [-0.2, -0.15) is 5.10 Å². The fourth-order valence-electron chi connectivity index (χ4n) is 4.52. The van der Waals surface area contributed by atoms with E-state index in [1.165, 1.54) is 30.3 Å². The third-order valence-corrected chi connectivity index (χ3v) is 6.20. The summed E-state index contributed by atoms with van der Waals surface area (Å²) in [6.07, 6.45) is 11.3. The molecule has 7 heteroatoms. The molecule has 1 aliphatic heterocycles. The van der Waals surface area contributed by atoms with Gasteiger partial charge in [-0.15, -0.1) is 0 Å². The van der Waals surface area contributed by atoms with Gasteiger partial charge < -0.3 is 9.88 Å². The van der Waals surface area contributed by atoms with Gasteiger partial charge >= 0.3 is 0 Å². The summed E-state index contributed by atoms with van der Waals surface area (Å²) in [5, 5.41) is 8.90. The van der Waals surface area contributed by atoms with Crippen molar-refractivity contribution in [3.8, 4) is 22.6 Å². The maximum absolute atomic E-state index is 4.95. The van der Waals surface area contributed by atoms with E-state index >= 15 is 0 Å². The number of rotatable bonds is 3. The van der Waals surface area contributed by atoms with E-state index in [-0.39, 0.29) is 0 Å². The van der Waals surface area contributed by atoms with Gasteiger partial charge in [0.15, 0.2) is 0 Å². The predicted molar refractivity (Wildman–Crippen MR) is 123 cm³/mol. The van der Waals surface area contributed by atoms with E-state index in [9.17, 15) is 0 Å². The van der Waals surface area contributed by atoms with E-state index in [0.29, 0.717) is 0 Å². The Morgan fingerprint density at radius 1 is 0.935 bits per heavy atom. The SMILES string of the molecule is Cc1ccncc1-c1ccc2[nH]nc(-c3cc4c(N5CCCCC5)cncc4[nH]3)c2n1. The zero-order valence-corrected chi connectivity index (χ0v) is 17.4. The minimum atomic E-state index is 0.819. The van der Waals surface area contributed by atoms with Gasteiger partial charge in [0.2, 0.25) is 0 Å². The summed E-state index contributed by atoms with van der Waals surface area (Å²) >= 11 is 0. The second kappa shape index (κ2) is 7.19. The Labute approximate surface area is 179 Å². The molecule has 1 saturated heterocycles. The van der Waals surface area contributed by atoms with Crippen LogP contribution < -0.4 is 4.90 Å². The quantitative estimate of drug-likeness (QED) is 0.444. The van der Waals surface area contributed by atoms with E-state index in [1.807, 2.05) is 36.8 Å². The maximum atomic E-state index is 4.95. The first-order valence-corrected chi connectivity index (χ1v) is 10.8. The smallest absolute Gasteiger partial charge is 0.135 e. The number of fused-ring (bicyclic) bond motifs is 2. The topological polar surface area (TPSA) is 86.4 Å².